The molecule has 0 aliphatic heterocycles. The van der Waals surface area contributed by atoms with E-state index in [4.69, 9.17) is 9.47 Å². The molecule has 122 valence electrons. The first-order valence-corrected chi connectivity index (χ1v) is 8.63. The zero-order valence-electron chi connectivity index (χ0n) is 13.5. The maximum Gasteiger partial charge on any atom is 0.261 e. The number of hydrogen-bond donors (Lipinski definition) is 1. The molecule has 0 atom stereocenters. The van der Waals surface area contributed by atoms with Gasteiger partial charge in [0.25, 0.3) is 5.91 Å². The highest BCUT2D eigenvalue weighted by atomic mass is 32.1. The van der Waals surface area contributed by atoms with Gasteiger partial charge in [-0.3, -0.25) is 4.79 Å². The minimum atomic E-state index is -0.000755. The molecule has 2 aromatic rings. The second kappa shape index (κ2) is 7.04. The second-order valence-electron chi connectivity index (χ2n) is 5.64. The van der Waals surface area contributed by atoms with E-state index >= 15 is 0 Å². The van der Waals surface area contributed by atoms with Gasteiger partial charge in [0, 0.05) is 11.4 Å². The number of benzene rings is 1. The van der Waals surface area contributed by atoms with E-state index in [0.717, 1.165) is 23.3 Å². The fourth-order valence-electron chi connectivity index (χ4n) is 2.86. The molecule has 23 heavy (non-hydrogen) atoms. The lowest BCUT2D eigenvalue weighted by Gasteiger charge is -2.10. The lowest BCUT2D eigenvalue weighted by atomic mass is 9.99. The first-order chi connectivity index (χ1) is 11.2. The molecule has 0 fully saturated rings. The van der Waals surface area contributed by atoms with E-state index in [1.165, 1.54) is 23.3 Å². The van der Waals surface area contributed by atoms with Crippen LogP contribution < -0.4 is 14.8 Å². The first kappa shape index (κ1) is 15.9. The molecule has 0 unspecified atom stereocenters. The summed E-state index contributed by atoms with van der Waals surface area (Å²) >= 11 is 1.64. The average Bonchev–Trinajstić information content (AvgIpc) is 3.03. The van der Waals surface area contributed by atoms with Crippen LogP contribution in [0.3, 0.4) is 0 Å². The first-order valence-electron chi connectivity index (χ1n) is 7.82. The van der Waals surface area contributed by atoms with E-state index in [1.807, 2.05) is 18.2 Å². The number of thiophene rings is 1. The maximum atomic E-state index is 12.4. The molecule has 5 heteroatoms. The standard InChI is InChI=1S/C18H21NO3S/c1-21-14-8-7-12(9-15(14)22-2)11-19-18(20)17-10-13-5-3-4-6-16(13)23-17/h7-10H,3-6,11H2,1-2H3,(H,19,20). The Kier molecular flexibility index (Phi) is 4.86. The van der Waals surface area contributed by atoms with Crippen molar-refractivity contribution >= 4 is 17.2 Å². The molecular weight excluding hydrogens is 310 g/mol. The van der Waals surface area contributed by atoms with Gasteiger partial charge in [0.15, 0.2) is 11.5 Å². The molecule has 0 spiro atoms. The molecule has 1 aliphatic carbocycles. The molecule has 1 aliphatic rings. The average molecular weight is 331 g/mol. The lowest BCUT2D eigenvalue weighted by molar-refractivity contribution is 0.0955. The van der Waals surface area contributed by atoms with Crippen LogP contribution in [0.25, 0.3) is 0 Å². The summed E-state index contributed by atoms with van der Waals surface area (Å²) in [6.45, 7) is 0.474. The van der Waals surface area contributed by atoms with Gasteiger partial charge in [0.05, 0.1) is 19.1 Å². The van der Waals surface area contributed by atoms with Crippen LogP contribution in [0.15, 0.2) is 24.3 Å². The van der Waals surface area contributed by atoms with Crippen molar-refractivity contribution in [3.63, 3.8) is 0 Å². The van der Waals surface area contributed by atoms with Crippen molar-refractivity contribution in [3.8, 4) is 11.5 Å². The number of aryl methyl sites for hydroxylation is 2. The largest absolute Gasteiger partial charge is 0.493 e. The third-order valence-electron chi connectivity index (χ3n) is 4.12. The van der Waals surface area contributed by atoms with Crippen LogP contribution in [0.1, 0.15) is 38.5 Å². The van der Waals surface area contributed by atoms with Crippen LogP contribution in [0.5, 0.6) is 11.5 Å². The highest BCUT2D eigenvalue weighted by Gasteiger charge is 2.17. The number of methoxy groups -OCH3 is 2. The zero-order valence-corrected chi connectivity index (χ0v) is 14.3. The Morgan fingerprint density at radius 1 is 1.13 bits per heavy atom. The van der Waals surface area contributed by atoms with Crippen molar-refractivity contribution < 1.29 is 14.3 Å². The van der Waals surface area contributed by atoms with Crippen LogP contribution in [-0.4, -0.2) is 20.1 Å². The summed E-state index contributed by atoms with van der Waals surface area (Å²) in [5.74, 6) is 1.36. The van der Waals surface area contributed by atoms with E-state index in [2.05, 4.69) is 11.4 Å². The topological polar surface area (TPSA) is 47.6 Å². The summed E-state index contributed by atoms with van der Waals surface area (Å²) in [5, 5.41) is 2.99. The Morgan fingerprint density at radius 2 is 1.91 bits per heavy atom. The molecule has 1 amide bonds. The van der Waals surface area contributed by atoms with Crippen LogP contribution in [0.2, 0.25) is 0 Å². The van der Waals surface area contributed by atoms with Crippen molar-refractivity contribution in [1.82, 2.24) is 5.32 Å². The molecule has 3 rings (SSSR count). The summed E-state index contributed by atoms with van der Waals surface area (Å²) in [4.78, 5) is 14.6. The summed E-state index contributed by atoms with van der Waals surface area (Å²) in [6.07, 6.45) is 4.69. The number of carbonyl (C=O) groups is 1. The van der Waals surface area contributed by atoms with Gasteiger partial charge in [-0.1, -0.05) is 6.07 Å². The van der Waals surface area contributed by atoms with E-state index in [9.17, 15) is 4.79 Å². The Hall–Kier alpha value is -2.01. The predicted molar refractivity (Wildman–Crippen MR) is 91.7 cm³/mol. The highest BCUT2D eigenvalue weighted by Crippen LogP contribution is 2.30. The summed E-state index contributed by atoms with van der Waals surface area (Å²) < 4.78 is 10.5. The summed E-state index contributed by atoms with van der Waals surface area (Å²) in [7, 11) is 3.22. The number of fused-ring (bicyclic) bond motifs is 1. The normalized spacial score (nSPS) is 13.3. The fourth-order valence-corrected chi connectivity index (χ4v) is 4.03. The third kappa shape index (κ3) is 3.50. The smallest absolute Gasteiger partial charge is 0.261 e. The number of ether oxygens (including phenoxy) is 2. The third-order valence-corrected chi connectivity index (χ3v) is 5.36. The van der Waals surface area contributed by atoms with E-state index in [-0.39, 0.29) is 5.91 Å². The van der Waals surface area contributed by atoms with Gasteiger partial charge < -0.3 is 14.8 Å². The van der Waals surface area contributed by atoms with Crippen molar-refractivity contribution in [2.24, 2.45) is 0 Å². The second-order valence-corrected chi connectivity index (χ2v) is 6.77. The Balaban J connectivity index is 1.66. The lowest BCUT2D eigenvalue weighted by Crippen LogP contribution is -2.21. The molecule has 0 radical (unpaired) electrons. The van der Waals surface area contributed by atoms with E-state index in [0.29, 0.717) is 18.0 Å². The minimum Gasteiger partial charge on any atom is -0.493 e. The van der Waals surface area contributed by atoms with Crippen LogP contribution >= 0.6 is 11.3 Å². The van der Waals surface area contributed by atoms with Crippen LogP contribution in [-0.2, 0) is 19.4 Å². The molecule has 1 heterocycles. The molecule has 0 saturated heterocycles. The summed E-state index contributed by atoms with van der Waals surface area (Å²) in [5.41, 5.74) is 2.34. The van der Waals surface area contributed by atoms with Crippen LogP contribution in [0.4, 0.5) is 0 Å². The predicted octanol–water partition coefficient (Wildman–Crippen LogP) is 3.57. The van der Waals surface area contributed by atoms with Gasteiger partial charge in [-0.25, -0.2) is 0 Å². The Labute approximate surface area is 140 Å². The van der Waals surface area contributed by atoms with Gasteiger partial charge in [-0.2, -0.15) is 0 Å². The van der Waals surface area contributed by atoms with Crippen molar-refractivity contribution in [2.75, 3.05) is 14.2 Å². The number of amides is 1. The number of carbonyl (C=O) groups excluding carboxylic acids is 1. The van der Waals surface area contributed by atoms with Gasteiger partial charge >= 0.3 is 0 Å². The fraction of sp³-hybridized carbons (Fsp3) is 0.389. The van der Waals surface area contributed by atoms with Crippen molar-refractivity contribution in [2.45, 2.75) is 32.2 Å². The molecule has 0 saturated carbocycles. The molecule has 0 bridgehead atoms. The Bertz CT molecular complexity index is 685. The van der Waals surface area contributed by atoms with E-state index < -0.39 is 0 Å². The van der Waals surface area contributed by atoms with Crippen molar-refractivity contribution in [3.05, 3.63) is 45.1 Å². The molecular formula is C18H21NO3S. The van der Waals surface area contributed by atoms with Crippen LogP contribution in [0, 0.1) is 0 Å². The molecule has 1 N–H and O–H groups in total. The monoisotopic (exact) mass is 331 g/mol. The Morgan fingerprint density at radius 3 is 2.65 bits per heavy atom. The van der Waals surface area contributed by atoms with E-state index in [1.54, 1.807) is 25.6 Å². The van der Waals surface area contributed by atoms with Crippen molar-refractivity contribution in [1.29, 1.82) is 0 Å². The summed E-state index contributed by atoms with van der Waals surface area (Å²) in [6, 6.07) is 7.73. The number of hydrogen-bond acceptors (Lipinski definition) is 4. The van der Waals surface area contributed by atoms with Gasteiger partial charge in [-0.05, 0) is 55.0 Å². The maximum absolute atomic E-state index is 12.4. The van der Waals surface area contributed by atoms with Gasteiger partial charge in [-0.15, -0.1) is 11.3 Å². The minimum absolute atomic E-state index is 0.000755. The van der Waals surface area contributed by atoms with Gasteiger partial charge in [0.2, 0.25) is 0 Å². The quantitative estimate of drug-likeness (QED) is 0.911. The van der Waals surface area contributed by atoms with Gasteiger partial charge in [0.1, 0.15) is 0 Å². The molecule has 1 aromatic heterocycles. The molecule has 1 aromatic carbocycles. The highest BCUT2D eigenvalue weighted by molar-refractivity contribution is 7.14. The molecule has 4 nitrogen and oxygen atoms in total. The number of rotatable bonds is 5. The SMILES string of the molecule is COc1ccc(CNC(=O)c2cc3c(s2)CCCC3)cc1OC. The number of nitrogens with one attached hydrogen (secondary N) is 1. The zero-order chi connectivity index (χ0) is 16.2.